The van der Waals surface area contributed by atoms with Crippen LogP contribution in [0.2, 0.25) is 0 Å². The van der Waals surface area contributed by atoms with E-state index in [1.807, 2.05) is 6.07 Å². The number of hydrogen-bond acceptors (Lipinski definition) is 7. The lowest BCUT2D eigenvalue weighted by Crippen LogP contribution is -2.39. The standard InChI is InChI=1S/C17H22N6O2/c18-16(24)13-3-1-12(2-4-13)14-11-15(22-17(19)21-14)20-5-6-23-7-9-25-10-8-23/h1-4,11H,5-10H2,(H2,18,24)(H3,19,20,21,22). The van der Waals surface area contributed by atoms with Gasteiger partial charge in [0, 0.05) is 43.4 Å². The molecule has 0 saturated carbocycles. The van der Waals surface area contributed by atoms with Crippen molar-refractivity contribution in [2.24, 2.45) is 5.73 Å². The van der Waals surface area contributed by atoms with Crippen LogP contribution in [0, 0.1) is 0 Å². The van der Waals surface area contributed by atoms with Crippen molar-refractivity contribution >= 4 is 17.7 Å². The van der Waals surface area contributed by atoms with E-state index in [0.29, 0.717) is 17.1 Å². The van der Waals surface area contributed by atoms with Crippen LogP contribution in [0.4, 0.5) is 11.8 Å². The molecular formula is C17H22N6O2. The number of nitrogen functional groups attached to an aromatic ring is 1. The fraction of sp³-hybridized carbons (Fsp3) is 0.353. The molecule has 1 aromatic carbocycles. The van der Waals surface area contributed by atoms with Crippen LogP contribution in [0.15, 0.2) is 30.3 Å². The van der Waals surface area contributed by atoms with Crippen LogP contribution in [0.25, 0.3) is 11.3 Å². The molecule has 1 fully saturated rings. The van der Waals surface area contributed by atoms with E-state index in [2.05, 4.69) is 20.2 Å². The van der Waals surface area contributed by atoms with Crippen molar-refractivity contribution in [1.29, 1.82) is 0 Å². The lowest BCUT2D eigenvalue weighted by Gasteiger charge is -2.26. The number of ether oxygens (including phenoxy) is 1. The quantitative estimate of drug-likeness (QED) is 0.702. The third-order valence-electron chi connectivity index (χ3n) is 4.05. The number of morpholine rings is 1. The summed E-state index contributed by atoms with van der Waals surface area (Å²) in [6, 6.07) is 8.76. The van der Waals surface area contributed by atoms with Crippen LogP contribution in [-0.4, -0.2) is 60.2 Å². The second kappa shape index (κ2) is 7.91. The minimum Gasteiger partial charge on any atom is -0.379 e. The van der Waals surface area contributed by atoms with Crippen LogP contribution in [0.5, 0.6) is 0 Å². The van der Waals surface area contributed by atoms with Crippen molar-refractivity contribution in [2.75, 3.05) is 50.4 Å². The molecule has 0 radical (unpaired) electrons. The molecule has 132 valence electrons. The van der Waals surface area contributed by atoms with Gasteiger partial charge in [-0.05, 0) is 12.1 Å². The molecule has 1 aliphatic heterocycles. The number of benzene rings is 1. The summed E-state index contributed by atoms with van der Waals surface area (Å²) in [5.41, 5.74) is 13.1. The van der Waals surface area contributed by atoms with Crippen LogP contribution in [0.1, 0.15) is 10.4 Å². The molecule has 3 rings (SSSR count). The summed E-state index contributed by atoms with van der Waals surface area (Å²) in [7, 11) is 0. The van der Waals surface area contributed by atoms with Crippen molar-refractivity contribution in [3.8, 4) is 11.3 Å². The molecule has 1 aromatic heterocycles. The number of nitrogens with two attached hydrogens (primary N) is 2. The number of aromatic nitrogens is 2. The minimum absolute atomic E-state index is 0.199. The minimum atomic E-state index is -0.459. The van der Waals surface area contributed by atoms with E-state index >= 15 is 0 Å². The van der Waals surface area contributed by atoms with Gasteiger partial charge in [0.1, 0.15) is 5.82 Å². The van der Waals surface area contributed by atoms with Gasteiger partial charge in [0.2, 0.25) is 11.9 Å². The molecule has 8 nitrogen and oxygen atoms in total. The van der Waals surface area contributed by atoms with Crippen molar-refractivity contribution < 1.29 is 9.53 Å². The van der Waals surface area contributed by atoms with E-state index in [0.717, 1.165) is 45.0 Å². The van der Waals surface area contributed by atoms with Gasteiger partial charge in [-0.2, -0.15) is 4.98 Å². The lowest BCUT2D eigenvalue weighted by molar-refractivity contribution is 0.0398. The molecule has 5 N–H and O–H groups in total. The Morgan fingerprint density at radius 3 is 2.60 bits per heavy atom. The van der Waals surface area contributed by atoms with Gasteiger partial charge in [-0.1, -0.05) is 12.1 Å². The van der Waals surface area contributed by atoms with Crippen molar-refractivity contribution in [3.05, 3.63) is 35.9 Å². The Balaban J connectivity index is 1.66. The van der Waals surface area contributed by atoms with Gasteiger partial charge in [0.25, 0.3) is 0 Å². The van der Waals surface area contributed by atoms with Crippen LogP contribution in [-0.2, 0) is 4.74 Å². The molecule has 1 saturated heterocycles. The zero-order chi connectivity index (χ0) is 17.6. The van der Waals surface area contributed by atoms with Gasteiger partial charge in [-0.25, -0.2) is 4.98 Å². The average molecular weight is 342 g/mol. The third-order valence-corrected chi connectivity index (χ3v) is 4.05. The number of hydrogen-bond donors (Lipinski definition) is 3. The van der Waals surface area contributed by atoms with Crippen molar-refractivity contribution in [2.45, 2.75) is 0 Å². The second-order valence-corrected chi connectivity index (χ2v) is 5.82. The van der Waals surface area contributed by atoms with Gasteiger partial charge < -0.3 is 21.5 Å². The van der Waals surface area contributed by atoms with E-state index < -0.39 is 5.91 Å². The molecule has 0 bridgehead atoms. The largest absolute Gasteiger partial charge is 0.379 e. The van der Waals surface area contributed by atoms with Gasteiger partial charge in [-0.3, -0.25) is 9.69 Å². The summed E-state index contributed by atoms with van der Waals surface area (Å²) in [5.74, 6) is 0.416. The van der Waals surface area contributed by atoms with Gasteiger partial charge in [0.05, 0.1) is 18.9 Å². The van der Waals surface area contributed by atoms with E-state index in [4.69, 9.17) is 16.2 Å². The Labute approximate surface area is 146 Å². The molecular weight excluding hydrogens is 320 g/mol. The first-order chi connectivity index (χ1) is 12.1. The summed E-state index contributed by atoms with van der Waals surface area (Å²) < 4.78 is 5.34. The third kappa shape index (κ3) is 4.65. The topological polar surface area (TPSA) is 119 Å². The number of amides is 1. The van der Waals surface area contributed by atoms with E-state index in [1.165, 1.54) is 0 Å². The molecule has 2 aromatic rings. The predicted octanol–water partition coefficient (Wildman–Crippen LogP) is 0.569. The summed E-state index contributed by atoms with van der Waals surface area (Å²) in [5, 5.41) is 3.28. The second-order valence-electron chi connectivity index (χ2n) is 5.82. The molecule has 2 heterocycles. The molecule has 8 heteroatoms. The number of rotatable bonds is 6. The van der Waals surface area contributed by atoms with E-state index in [1.54, 1.807) is 24.3 Å². The van der Waals surface area contributed by atoms with Crippen LogP contribution in [0.3, 0.4) is 0 Å². The Morgan fingerprint density at radius 2 is 1.92 bits per heavy atom. The molecule has 1 amide bonds. The fourth-order valence-corrected chi connectivity index (χ4v) is 2.68. The Hall–Kier alpha value is -2.71. The summed E-state index contributed by atoms with van der Waals surface area (Å²) in [6.45, 7) is 5.14. The maximum absolute atomic E-state index is 11.2. The maximum atomic E-state index is 11.2. The average Bonchev–Trinajstić information content (AvgIpc) is 2.62. The van der Waals surface area contributed by atoms with Crippen molar-refractivity contribution in [3.63, 3.8) is 0 Å². The molecule has 1 aliphatic rings. The fourth-order valence-electron chi connectivity index (χ4n) is 2.68. The highest BCUT2D eigenvalue weighted by Crippen LogP contribution is 2.21. The van der Waals surface area contributed by atoms with E-state index in [-0.39, 0.29) is 5.95 Å². The molecule has 25 heavy (non-hydrogen) atoms. The van der Waals surface area contributed by atoms with Gasteiger partial charge in [-0.15, -0.1) is 0 Å². The predicted molar refractivity (Wildman–Crippen MR) is 96.1 cm³/mol. The first-order valence-corrected chi connectivity index (χ1v) is 8.20. The smallest absolute Gasteiger partial charge is 0.248 e. The number of anilines is 2. The van der Waals surface area contributed by atoms with Crippen LogP contribution < -0.4 is 16.8 Å². The number of carbonyl (C=O) groups is 1. The lowest BCUT2D eigenvalue weighted by atomic mass is 10.1. The highest BCUT2D eigenvalue weighted by Gasteiger charge is 2.10. The zero-order valence-electron chi connectivity index (χ0n) is 13.9. The summed E-state index contributed by atoms with van der Waals surface area (Å²) in [6.07, 6.45) is 0. The van der Waals surface area contributed by atoms with Crippen molar-refractivity contribution in [1.82, 2.24) is 14.9 Å². The van der Waals surface area contributed by atoms with Gasteiger partial charge in [0.15, 0.2) is 0 Å². The number of nitrogens with zero attached hydrogens (tertiary/aromatic N) is 3. The zero-order valence-corrected chi connectivity index (χ0v) is 13.9. The number of primary amides is 1. The summed E-state index contributed by atoms with van der Waals surface area (Å²) in [4.78, 5) is 22.0. The Bertz CT molecular complexity index is 728. The Morgan fingerprint density at radius 1 is 1.20 bits per heavy atom. The highest BCUT2D eigenvalue weighted by atomic mass is 16.5. The number of carbonyl (C=O) groups excluding carboxylic acids is 1. The monoisotopic (exact) mass is 342 g/mol. The van der Waals surface area contributed by atoms with E-state index in [9.17, 15) is 4.79 Å². The maximum Gasteiger partial charge on any atom is 0.248 e. The normalized spacial score (nSPS) is 15.0. The molecule has 0 unspecified atom stereocenters. The Kier molecular flexibility index (Phi) is 5.42. The highest BCUT2D eigenvalue weighted by molar-refractivity contribution is 5.93. The van der Waals surface area contributed by atoms with Gasteiger partial charge >= 0.3 is 0 Å². The molecule has 0 spiro atoms. The first kappa shape index (κ1) is 17.1. The SMILES string of the molecule is NC(=O)c1ccc(-c2cc(NCCN3CCOCC3)nc(N)n2)cc1. The molecule has 0 atom stereocenters. The summed E-state index contributed by atoms with van der Waals surface area (Å²) >= 11 is 0. The molecule has 0 aliphatic carbocycles. The number of nitrogens with one attached hydrogen (secondary N) is 1. The van der Waals surface area contributed by atoms with Crippen LogP contribution >= 0.6 is 0 Å². The first-order valence-electron chi connectivity index (χ1n) is 8.20.